The van der Waals surface area contributed by atoms with Gasteiger partial charge in [0.15, 0.2) is 0 Å². The minimum absolute atomic E-state index is 0.367. The van der Waals surface area contributed by atoms with Gasteiger partial charge in [0.05, 0.1) is 27.8 Å². The summed E-state index contributed by atoms with van der Waals surface area (Å²) >= 11 is 1.91. The molecule has 3 nitrogen and oxygen atoms in total. The van der Waals surface area contributed by atoms with E-state index in [2.05, 4.69) is 269 Å². The molecule has 1 unspecified atom stereocenters. The Bertz CT molecular complexity index is 4080. The van der Waals surface area contributed by atoms with Gasteiger partial charge in [0.2, 0.25) is 0 Å². The lowest BCUT2D eigenvalue weighted by molar-refractivity contribution is 0.620. The molecule has 14 rings (SSSR count). The van der Waals surface area contributed by atoms with Crippen molar-refractivity contribution in [3.8, 4) is 22.5 Å². The van der Waals surface area contributed by atoms with E-state index in [1.165, 1.54) is 97.7 Å². The van der Waals surface area contributed by atoms with Crippen molar-refractivity contribution in [2.45, 2.75) is 35.0 Å². The van der Waals surface area contributed by atoms with E-state index in [1.54, 1.807) is 0 Å². The highest BCUT2D eigenvalue weighted by molar-refractivity contribution is 7.99. The van der Waals surface area contributed by atoms with Crippen molar-refractivity contribution < 1.29 is 0 Å². The number of anilines is 3. The number of fused-ring (bicyclic) bond motifs is 8. The highest BCUT2D eigenvalue weighted by atomic mass is 32.2. The van der Waals surface area contributed by atoms with E-state index < -0.39 is 0 Å². The van der Waals surface area contributed by atoms with Crippen LogP contribution in [0.4, 0.5) is 17.1 Å². The first-order valence-corrected chi connectivity index (χ1v) is 26.0. The van der Waals surface area contributed by atoms with Crippen molar-refractivity contribution in [1.29, 1.82) is 0 Å². The second-order valence-electron chi connectivity index (χ2n) is 19.2. The topological polar surface area (TPSA) is 13.1 Å². The van der Waals surface area contributed by atoms with Crippen molar-refractivity contribution in [1.82, 2.24) is 9.13 Å². The zero-order chi connectivity index (χ0) is 47.5. The third kappa shape index (κ3) is 7.21. The molecular weight excluding hydrogens is 891 g/mol. The highest BCUT2D eigenvalue weighted by Crippen LogP contribution is 2.52. The van der Waals surface area contributed by atoms with Gasteiger partial charge in [-0.1, -0.05) is 182 Å². The predicted molar refractivity (Wildman–Crippen MR) is 305 cm³/mol. The fraction of sp³-hybridized carbons (Fsp3) is 0.0588. The lowest BCUT2D eigenvalue weighted by Gasteiger charge is -2.29. The van der Waals surface area contributed by atoms with Gasteiger partial charge in [-0.05, 0) is 138 Å². The van der Waals surface area contributed by atoms with E-state index >= 15 is 0 Å². The highest BCUT2D eigenvalue weighted by Gasteiger charge is 2.25. The summed E-state index contributed by atoms with van der Waals surface area (Å²) in [5, 5.41) is 7.65. The quantitative estimate of drug-likeness (QED) is 0.128. The first-order chi connectivity index (χ1) is 35.7. The zero-order valence-corrected chi connectivity index (χ0v) is 40.5. The largest absolute Gasteiger partial charge is 0.310 e. The number of benzene rings is 11. The summed E-state index contributed by atoms with van der Waals surface area (Å²) in [6.45, 7) is 0. The molecule has 0 saturated heterocycles. The van der Waals surface area contributed by atoms with Crippen molar-refractivity contribution in [2.24, 2.45) is 0 Å². The van der Waals surface area contributed by atoms with Crippen molar-refractivity contribution >= 4 is 83.2 Å². The van der Waals surface area contributed by atoms with Crippen LogP contribution in [0.15, 0.2) is 265 Å². The van der Waals surface area contributed by atoms with Gasteiger partial charge in [-0.15, -0.1) is 0 Å². The second-order valence-corrected chi connectivity index (χ2v) is 20.3. The van der Waals surface area contributed by atoms with Crippen LogP contribution in [0.5, 0.6) is 0 Å². The Morgan fingerprint density at radius 1 is 0.375 bits per heavy atom. The molecule has 1 aliphatic heterocycles. The Hall–Kier alpha value is -8.57. The standard InChI is InChI=1S/C68H49N3S/c1-3-19-48(20-4-1)49(42-47-18-15-23-51(43-47)70-61-31-11-7-26-54(61)55-27-8-12-32-62(55)70)38-36-46-37-39-58-59-40-41-65(60-30-17-35-66(68(59)60)72-67(58)44-46)69(50-21-5-2-6-22-50)52-24-16-25-53(45-52)71-63-33-13-9-28-56(63)57-29-10-14-34-64(57)71/h1-35,37,39-41,43-45,49H,36,38,42H2. The van der Waals surface area contributed by atoms with Crippen LogP contribution in [0, 0.1) is 0 Å². The molecule has 0 N–H and O–H groups in total. The maximum Gasteiger partial charge on any atom is 0.0541 e. The molecule has 1 atom stereocenters. The lowest BCUT2D eigenvalue weighted by atomic mass is 9.86. The van der Waals surface area contributed by atoms with E-state index in [1.807, 2.05) is 11.8 Å². The molecule has 0 saturated carbocycles. The molecule has 72 heavy (non-hydrogen) atoms. The third-order valence-corrected chi connectivity index (χ3v) is 16.1. The summed E-state index contributed by atoms with van der Waals surface area (Å²) in [4.78, 5) is 5.06. The fourth-order valence-electron chi connectivity index (χ4n) is 11.7. The Kier molecular flexibility index (Phi) is 10.4. The van der Waals surface area contributed by atoms with Crippen LogP contribution >= 0.6 is 11.8 Å². The molecule has 3 heterocycles. The number of hydrogen-bond acceptors (Lipinski definition) is 2. The van der Waals surface area contributed by atoms with Crippen LogP contribution in [0.2, 0.25) is 0 Å². The molecule has 342 valence electrons. The molecule has 0 radical (unpaired) electrons. The average Bonchev–Trinajstić information content (AvgIpc) is 3.96. The summed E-state index contributed by atoms with van der Waals surface area (Å²) in [6, 6.07) is 94.1. The normalized spacial score (nSPS) is 12.5. The Labute approximate surface area is 423 Å². The van der Waals surface area contributed by atoms with Crippen LogP contribution < -0.4 is 4.90 Å². The SMILES string of the molecule is c1ccc(C(CCc2ccc3c(c2)Sc2cccc4c(N(c5ccccc5)c5cccc(-n6c7ccccc7c7ccccc76)c5)ccc-3c24)Cc2cccc(-n3c4ccccc4c4ccccc43)c2)cc1. The molecule has 0 fully saturated rings. The van der Waals surface area contributed by atoms with E-state index in [0.29, 0.717) is 5.92 Å². The van der Waals surface area contributed by atoms with Gasteiger partial charge in [-0.3, -0.25) is 0 Å². The fourth-order valence-corrected chi connectivity index (χ4v) is 13.0. The average molecular weight is 940 g/mol. The van der Waals surface area contributed by atoms with E-state index in [9.17, 15) is 0 Å². The summed E-state index contributed by atoms with van der Waals surface area (Å²) in [5.74, 6) is 0.367. The second kappa shape index (κ2) is 17.7. The maximum absolute atomic E-state index is 2.47. The summed E-state index contributed by atoms with van der Waals surface area (Å²) in [7, 11) is 0. The maximum atomic E-state index is 2.47. The first-order valence-electron chi connectivity index (χ1n) is 25.1. The Balaban J connectivity index is 0.787. The molecule has 1 aliphatic rings. The van der Waals surface area contributed by atoms with Crippen LogP contribution in [0.1, 0.15) is 29.0 Å². The van der Waals surface area contributed by atoms with Gasteiger partial charge in [-0.2, -0.15) is 0 Å². The predicted octanol–water partition coefficient (Wildman–Crippen LogP) is 18.6. The molecule has 4 heteroatoms. The molecule has 0 spiro atoms. The van der Waals surface area contributed by atoms with E-state index in [-0.39, 0.29) is 0 Å². The zero-order valence-electron chi connectivity index (χ0n) is 39.7. The number of para-hydroxylation sites is 5. The van der Waals surface area contributed by atoms with Gasteiger partial charge in [0, 0.05) is 64.9 Å². The van der Waals surface area contributed by atoms with Gasteiger partial charge in [-0.25, -0.2) is 0 Å². The summed E-state index contributed by atoms with van der Waals surface area (Å²) < 4.78 is 4.84. The molecule has 0 aliphatic carbocycles. The molecule has 2 aromatic heterocycles. The summed E-state index contributed by atoms with van der Waals surface area (Å²) in [6.07, 6.45) is 3.02. The first kappa shape index (κ1) is 42.3. The molecular formula is C68H49N3S. The number of aryl methyl sites for hydroxylation is 1. The van der Waals surface area contributed by atoms with Gasteiger partial charge >= 0.3 is 0 Å². The monoisotopic (exact) mass is 939 g/mol. The Morgan fingerprint density at radius 3 is 1.56 bits per heavy atom. The van der Waals surface area contributed by atoms with Gasteiger partial charge < -0.3 is 14.0 Å². The van der Waals surface area contributed by atoms with E-state index in [0.717, 1.165) is 42.0 Å². The summed E-state index contributed by atoms with van der Waals surface area (Å²) in [5.41, 5.74) is 17.4. The van der Waals surface area contributed by atoms with Crippen molar-refractivity contribution in [3.05, 3.63) is 271 Å². The lowest BCUT2D eigenvalue weighted by Crippen LogP contribution is -2.11. The third-order valence-electron chi connectivity index (χ3n) is 15.0. The minimum Gasteiger partial charge on any atom is -0.310 e. The molecule has 13 aromatic rings. The van der Waals surface area contributed by atoms with Gasteiger partial charge in [0.1, 0.15) is 0 Å². The van der Waals surface area contributed by atoms with Crippen LogP contribution in [0.25, 0.3) is 76.9 Å². The molecule has 0 bridgehead atoms. The van der Waals surface area contributed by atoms with E-state index in [4.69, 9.17) is 0 Å². The van der Waals surface area contributed by atoms with Crippen molar-refractivity contribution in [3.63, 3.8) is 0 Å². The Morgan fingerprint density at radius 2 is 0.903 bits per heavy atom. The van der Waals surface area contributed by atoms with Gasteiger partial charge in [0.25, 0.3) is 0 Å². The smallest absolute Gasteiger partial charge is 0.0541 e. The molecule has 11 aromatic carbocycles. The number of hydrogen-bond donors (Lipinski definition) is 0. The number of aromatic nitrogens is 2. The molecule has 0 amide bonds. The number of nitrogens with zero attached hydrogens (tertiary/aromatic N) is 3. The minimum atomic E-state index is 0.367. The van der Waals surface area contributed by atoms with Crippen LogP contribution in [-0.2, 0) is 12.8 Å². The van der Waals surface area contributed by atoms with Crippen molar-refractivity contribution in [2.75, 3.05) is 4.90 Å². The van der Waals surface area contributed by atoms with Crippen LogP contribution in [0.3, 0.4) is 0 Å². The van der Waals surface area contributed by atoms with Crippen LogP contribution in [-0.4, -0.2) is 9.13 Å². The number of rotatable bonds is 11.